The number of nitrogens with zero attached hydrogens (tertiary/aromatic N) is 3. The van der Waals surface area contributed by atoms with Gasteiger partial charge in [-0.15, -0.1) is 16.8 Å². The molecule has 140 valence electrons. The van der Waals surface area contributed by atoms with Gasteiger partial charge >= 0.3 is 0 Å². The zero-order valence-corrected chi connectivity index (χ0v) is 17.0. The molecule has 0 saturated carbocycles. The summed E-state index contributed by atoms with van der Waals surface area (Å²) in [4.78, 5) is 0. The fourth-order valence-electron chi connectivity index (χ4n) is 2.74. The molecule has 0 N–H and O–H groups in total. The summed E-state index contributed by atoms with van der Waals surface area (Å²) >= 11 is 7.86. The van der Waals surface area contributed by atoms with E-state index in [-0.39, 0.29) is 6.10 Å². The molecule has 0 amide bonds. The summed E-state index contributed by atoms with van der Waals surface area (Å²) in [5.74, 6) is 2.21. The SMILES string of the molecule is C=CCn1c(SCc2cccc(C)c2)nnc1C(C)Oc1ccccc1Cl. The zero-order valence-electron chi connectivity index (χ0n) is 15.4. The molecule has 6 heteroatoms. The molecule has 1 heterocycles. The number of allylic oxidation sites excluding steroid dienone is 1. The van der Waals surface area contributed by atoms with Gasteiger partial charge in [0.1, 0.15) is 5.75 Å². The number of halogens is 1. The first-order chi connectivity index (χ1) is 13.1. The Hall–Kier alpha value is -2.24. The van der Waals surface area contributed by atoms with Gasteiger partial charge < -0.3 is 4.74 Å². The van der Waals surface area contributed by atoms with E-state index in [9.17, 15) is 0 Å². The largest absolute Gasteiger partial charge is 0.481 e. The van der Waals surface area contributed by atoms with Crippen molar-refractivity contribution in [2.24, 2.45) is 0 Å². The molecule has 3 aromatic rings. The topological polar surface area (TPSA) is 39.9 Å². The monoisotopic (exact) mass is 399 g/mol. The maximum absolute atomic E-state index is 6.20. The molecular weight excluding hydrogens is 378 g/mol. The van der Waals surface area contributed by atoms with Crippen LogP contribution in [0.4, 0.5) is 0 Å². The first kappa shape index (κ1) is 19.5. The van der Waals surface area contributed by atoms with Gasteiger partial charge in [0.25, 0.3) is 0 Å². The number of rotatable bonds is 8. The number of benzene rings is 2. The number of aromatic nitrogens is 3. The second kappa shape index (κ2) is 9.11. The van der Waals surface area contributed by atoms with Gasteiger partial charge in [0, 0.05) is 12.3 Å². The first-order valence-electron chi connectivity index (χ1n) is 8.72. The number of ether oxygens (including phenoxy) is 1. The van der Waals surface area contributed by atoms with Crippen LogP contribution in [0.3, 0.4) is 0 Å². The molecule has 1 unspecified atom stereocenters. The molecule has 0 aliphatic carbocycles. The molecule has 3 rings (SSSR count). The third-order valence-electron chi connectivity index (χ3n) is 4.01. The van der Waals surface area contributed by atoms with E-state index in [0.29, 0.717) is 17.3 Å². The lowest BCUT2D eigenvalue weighted by atomic mass is 10.2. The highest BCUT2D eigenvalue weighted by Crippen LogP contribution is 2.30. The molecule has 0 fully saturated rings. The third-order valence-corrected chi connectivity index (χ3v) is 5.36. The van der Waals surface area contributed by atoms with E-state index >= 15 is 0 Å². The summed E-state index contributed by atoms with van der Waals surface area (Å²) in [5.41, 5.74) is 2.51. The number of hydrogen-bond acceptors (Lipinski definition) is 4. The third kappa shape index (κ3) is 4.93. The predicted octanol–water partition coefficient (Wildman–Crippen LogP) is 5.86. The number of aryl methyl sites for hydroxylation is 1. The van der Waals surface area contributed by atoms with Crippen molar-refractivity contribution < 1.29 is 4.74 Å². The first-order valence-corrected chi connectivity index (χ1v) is 10.1. The summed E-state index contributed by atoms with van der Waals surface area (Å²) in [6.07, 6.45) is 1.55. The minimum absolute atomic E-state index is 0.286. The molecule has 0 aliphatic heterocycles. The van der Waals surface area contributed by atoms with Gasteiger partial charge in [-0.2, -0.15) is 0 Å². The normalized spacial score (nSPS) is 12.0. The van der Waals surface area contributed by atoms with Crippen molar-refractivity contribution in [3.63, 3.8) is 0 Å². The summed E-state index contributed by atoms with van der Waals surface area (Å²) in [7, 11) is 0. The van der Waals surface area contributed by atoms with Crippen LogP contribution in [0.1, 0.15) is 30.0 Å². The lowest BCUT2D eigenvalue weighted by Crippen LogP contribution is -2.12. The van der Waals surface area contributed by atoms with Crippen LogP contribution in [0, 0.1) is 6.92 Å². The van der Waals surface area contributed by atoms with Crippen LogP contribution in [-0.4, -0.2) is 14.8 Å². The minimum atomic E-state index is -0.286. The Morgan fingerprint density at radius 2 is 2.04 bits per heavy atom. The van der Waals surface area contributed by atoms with Gasteiger partial charge in [-0.1, -0.05) is 71.4 Å². The van der Waals surface area contributed by atoms with Crippen molar-refractivity contribution in [1.82, 2.24) is 14.8 Å². The molecule has 1 aromatic heterocycles. The highest BCUT2D eigenvalue weighted by Gasteiger charge is 2.19. The van der Waals surface area contributed by atoms with Crippen molar-refractivity contribution in [2.45, 2.75) is 37.4 Å². The zero-order chi connectivity index (χ0) is 19.2. The number of hydrogen-bond donors (Lipinski definition) is 0. The second-order valence-corrected chi connectivity index (χ2v) is 7.56. The Morgan fingerprint density at radius 3 is 2.78 bits per heavy atom. The molecule has 0 saturated heterocycles. The summed E-state index contributed by atoms with van der Waals surface area (Å²) in [5, 5.41) is 10.2. The molecule has 4 nitrogen and oxygen atoms in total. The number of thioether (sulfide) groups is 1. The Labute approximate surface area is 169 Å². The standard InChI is InChI=1S/C21H22ClN3OS/c1-4-12-25-20(16(3)26-19-11-6-5-10-18(19)22)23-24-21(25)27-14-17-9-7-8-15(2)13-17/h4-11,13,16H,1,12,14H2,2-3H3. The van der Waals surface area contributed by atoms with Crippen LogP contribution in [0.5, 0.6) is 5.75 Å². The van der Waals surface area contributed by atoms with E-state index in [1.807, 2.05) is 35.8 Å². The van der Waals surface area contributed by atoms with E-state index < -0.39 is 0 Å². The van der Waals surface area contributed by atoms with E-state index in [2.05, 4.69) is 48.0 Å². The Morgan fingerprint density at radius 1 is 1.22 bits per heavy atom. The van der Waals surface area contributed by atoms with Crippen LogP contribution in [0.25, 0.3) is 0 Å². The molecular formula is C21H22ClN3OS. The highest BCUT2D eigenvalue weighted by molar-refractivity contribution is 7.98. The summed E-state index contributed by atoms with van der Waals surface area (Å²) in [6.45, 7) is 8.52. The van der Waals surface area contributed by atoms with Gasteiger partial charge in [-0.05, 0) is 31.5 Å². The van der Waals surface area contributed by atoms with Gasteiger partial charge in [0.2, 0.25) is 0 Å². The lowest BCUT2D eigenvalue weighted by molar-refractivity contribution is 0.210. The van der Waals surface area contributed by atoms with E-state index in [1.165, 1.54) is 11.1 Å². The van der Waals surface area contributed by atoms with Crippen LogP contribution in [0.15, 0.2) is 66.3 Å². The van der Waals surface area contributed by atoms with Gasteiger partial charge in [-0.25, -0.2) is 0 Å². The Balaban J connectivity index is 1.77. The average molecular weight is 400 g/mol. The van der Waals surface area contributed by atoms with Crippen LogP contribution in [0.2, 0.25) is 5.02 Å². The lowest BCUT2D eigenvalue weighted by Gasteiger charge is -2.16. The van der Waals surface area contributed by atoms with E-state index in [1.54, 1.807) is 17.8 Å². The fraction of sp³-hybridized carbons (Fsp3) is 0.238. The molecule has 0 bridgehead atoms. The van der Waals surface area contributed by atoms with E-state index in [4.69, 9.17) is 16.3 Å². The maximum atomic E-state index is 6.20. The van der Waals surface area contributed by atoms with Crippen molar-refractivity contribution in [3.8, 4) is 5.75 Å². The van der Waals surface area contributed by atoms with Crippen LogP contribution < -0.4 is 4.74 Å². The molecule has 0 radical (unpaired) electrons. The van der Waals surface area contributed by atoms with Crippen LogP contribution in [-0.2, 0) is 12.3 Å². The molecule has 2 aromatic carbocycles. The molecule has 0 aliphatic rings. The fourth-order valence-corrected chi connectivity index (χ4v) is 3.82. The summed E-state index contributed by atoms with van der Waals surface area (Å²) < 4.78 is 8.05. The van der Waals surface area contributed by atoms with Crippen LogP contribution >= 0.6 is 23.4 Å². The van der Waals surface area contributed by atoms with Crippen molar-refractivity contribution >= 4 is 23.4 Å². The molecule has 0 spiro atoms. The quantitative estimate of drug-likeness (QED) is 0.351. The van der Waals surface area contributed by atoms with Crippen molar-refractivity contribution in [2.75, 3.05) is 0 Å². The van der Waals surface area contributed by atoms with Gasteiger partial charge in [0.15, 0.2) is 17.1 Å². The summed E-state index contributed by atoms with van der Waals surface area (Å²) in [6, 6.07) is 15.9. The second-order valence-electron chi connectivity index (χ2n) is 6.21. The average Bonchev–Trinajstić information content (AvgIpc) is 3.05. The van der Waals surface area contributed by atoms with Crippen molar-refractivity contribution in [1.29, 1.82) is 0 Å². The van der Waals surface area contributed by atoms with Crippen molar-refractivity contribution in [3.05, 3.63) is 83.2 Å². The molecule has 27 heavy (non-hydrogen) atoms. The molecule has 1 atom stereocenters. The maximum Gasteiger partial charge on any atom is 0.191 e. The Bertz CT molecular complexity index is 925. The Kier molecular flexibility index (Phi) is 6.58. The van der Waals surface area contributed by atoms with Gasteiger partial charge in [0.05, 0.1) is 5.02 Å². The van der Waals surface area contributed by atoms with E-state index in [0.717, 1.165) is 16.7 Å². The highest BCUT2D eigenvalue weighted by atomic mass is 35.5. The number of para-hydroxylation sites is 1. The minimum Gasteiger partial charge on any atom is -0.481 e. The van der Waals surface area contributed by atoms with Gasteiger partial charge in [-0.3, -0.25) is 4.57 Å². The smallest absolute Gasteiger partial charge is 0.191 e. The predicted molar refractivity (Wildman–Crippen MR) is 111 cm³/mol.